The van der Waals surface area contributed by atoms with E-state index >= 15 is 0 Å². The zero-order chi connectivity index (χ0) is 20.1. The number of rotatable bonds is 6. The van der Waals surface area contributed by atoms with Crippen molar-refractivity contribution < 1.29 is 24.4 Å². The van der Waals surface area contributed by atoms with Gasteiger partial charge in [-0.2, -0.15) is 0 Å². The second-order valence-electron chi connectivity index (χ2n) is 6.25. The van der Waals surface area contributed by atoms with Gasteiger partial charge in [0.25, 0.3) is 0 Å². The average Bonchev–Trinajstić information content (AvgIpc) is 2.69. The molecule has 0 amide bonds. The summed E-state index contributed by atoms with van der Waals surface area (Å²) in [6.07, 6.45) is 0. The molecule has 4 aromatic rings. The molecule has 0 aromatic heterocycles. The van der Waals surface area contributed by atoms with Gasteiger partial charge in [0.2, 0.25) is 0 Å². The summed E-state index contributed by atoms with van der Waals surface area (Å²) in [5.74, 6) is 3.69. The average molecular weight is 386 g/mol. The van der Waals surface area contributed by atoms with Crippen LogP contribution in [0.2, 0.25) is 0 Å². The van der Waals surface area contributed by atoms with E-state index in [1.807, 2.05) is 24.3 Å². The Morgan fingerprint density at radius 3 is 0.966 bits per heavy atom. The molecule has 5 heteroatoms. The first kappa shape index (κ1) is 18.3. The van der Waals surface area contributed by atoms with E-state index in [0.29, 0.717) is 34.5 Å². The molecule has 0 radical (unpaired) electrons. The first-order chi connectivity index (χ1) is 14.1. The van der Waals surface area contributed by atoms with Crippen molar-refractivity contribution in [1.82, 2.24) is 0 Å². The second-order valence-corrected chi connectivity index (χ2v) is 6.25. The summed E-state index contributed by atoms with van der Waals surface area (Å²) in [6.45, 7) is 0. The summed E-state index contributed by atoms with van der Waals surface area (Å²) in [6, 6.07) is 27.6. The van der Waals surface area contributed by atoms with Crippen molar-refractivity contribution >= 4 is 0 Å². The number of hydrogen-bond donors (Lipinski definition) is 2. The summed E-state index contributed by atoms with van der Waals surface area (Å²) in [4.78, 5) is 0. The van der Waals surface area contributed by atoms with Crippen molar-refractivity contribution in [3.63, 3.8) is 0 Å². The van der Waals surface area contributed by atoms with Crippen LogP contribution in [0.15, 0.2) is 97.1 Å². The molecule has 0 aliphatic rings. The molecule has 144 valence electrons. The van der Waals surface area contributed by atoms with Crippen LogP contribution in [-0.4, -0.2) is 10.2 Å². The molecule has 0 aliphatic carbocycles. The maximum atomic E-state index is 9.56. The second kappa shape index (κ2) is 8.27. The van der Waals surface area contributed by atoms with Crippen molar-refractivity contribution in [1.29, 1.82) is 0 Å². The molecule has 5 nitrogen and oxygen atoms in total. The van der Waals surface area contributed by atoms with Crippen molar-refractivity contribution in [2.24, 2.45) is 0 Å². The summed E-state index contributed by atoms with van der Waals surface area (Å²) >= 11 is 0. The third kappa shape index (κ3) is 4.99. The molecule has 4 rings (SSSR count). The molecule has 0 fully saturated rings. The highest BCUT2D eigenvalue weighted by molar-refractivity contribution is 5.43. The first-order valence-electron chi connectivity index (χ1n) is 8.96. The molecule has 0 unspecified atom stereocenters. The smallest absolute Gasteiger partial charge is 0.131 e. The van der Waals surface area contributed by atoms with Crippen LogP contribution in [0.25, 0.3) is 0 Å². The number of phenolic OH excluding ortho intramolecular Hbond substituents is 2. The number of benzene rings is 4. The van der Waals surface area contributed by atoms with Crippen LogP contribution >= 0.6 is 0 Å². The molecule has 4 aromatic carbocycles. The topological polar surface area (TPSA) is 68.2 Å². The Morgan fingerprint density at radius 1 is 0.379 bits per heavy atom. The van der Waals surface area contributed by atoms with E-state index in [1.54, 1.807) is 60.7 Å². The van der Waals surface area contributed by atoms with E-state index in [9.17, 15) is 10.2 Å². The summed E-state index contributed by atoms with van der Waals surface area (Å²) in [5, 5.41) is 19.1. The van der Waals surface area contributed by atoms with Crippen LogP contribution in [0.5, 0.6) is 46.0 Å². The standard InChI is InChI=1S/C24H18O5/c25-17-5-1-7-19(13-17)27-21-9-3-11-23(15-21)29-24-12-4-10-22(16-24)28-20-8-2-6-18(26)14-20/h1-16,25-26H. The fourth-order valence-corrected chi connectivity index (χ4v) is 2.70. The van der Waals surface area contributed by atoms with Crippen molar-refractivity contribution in [3.05, 3.63) is 97.1 Å². The van der Waals surface area contributed by atoms with Crippen LogP contribution in [0.4, 0.5) is 0 Å². The zero-order valence-corrected chi connectivity index (χ0v) is 15.4. The Balaban J connectivity index is 1.48. The van der Waals surface area contributed by atoms with Gasteiger partial charge >= 0.3 is 0 Å². The highest BCUT2D eigenvalue weighted by Gasteiger charge is 2.05. The summed E-state index contributed by atoms with van der Waals surface area (Å²) < 4.78 is 17.4. The third-order valence-electron chi connectivity index (χ3n) is 3.95. The molecule has 0 bridgehead atoms. The number of ether oxygens (including phenoxy) is 3. The van der Waals surface area contributed by atoms with E-state index in [0.717, 1.165) is 0 Å². The lowest BCUT2D eigenvalue weighted by atomic mass is 10.3. The van der Waals surface area contributed by atoms with Crippen LogP contribution in [0.1, 0.15) is 0 Å². The Labute approximate surface area is 168 Å². The fraction of sp³-hybridized carbons (Fsp3) is 0. The van der Waals surface area contributed by atoms with Crippen molar-refractivity contribution in [2.75, 3.05) is 0 Å². The normalized spacial score (nSPS) is 10.3. The van der Waals surface area contributed by atoms with E-state index in [2.05, 4.69) is 0 Å². The maximum absolute atomic E-state index is 9.56. The number of aromatic hydroxyl groups is 2. The van der Waals surface area contributed by atoms with E-state index < -0.39 is 0 Å². The lowest BCUT2D eigenvalue weighted by Crippen LogP contribution is -1.88. The third-order valence-corrected chi connectivity index (χ3v) is 3.95. The predicted molar refractivity (Wildman–Crippen MR) is 109 cm³/mol. The Bertz CT molecular complexity index is 1030. The molecule has 29 heavy (non-hydrogen) atoms. The van der Waals surface area contributed by atoms with Gasteiger partial charge in [0.05, 0.1) is 0 Å². The molecule has 0 saturated heterocycles. The fourth-order valence-electron chi connectivity index (χ4n) is 2.70. The minimum atomic E-state index is 0.137. The van der Waals surface area contributed by atoms with E-state index in [-0.39, 0.29) is 11.5 Å². The van der Waals surface area contributed by atoms with Gasteiger partial charge in [-0.15, -0.1) is 0 Å². The van der Waals surface area contributed by atoms with Crippen LogP contribution in [0, 0.1) is 0 Å². The van der Waals surface area contributed by atoms with Gasteiger partial charge in [-0.1, -0.05) is 24.3 Å². The minimum absolute atomic E-state index is 0.137. The largest absolute Gasteiger partial charge is 0.508 e. The van der Waals surface area contributed by atoms with Crippen molar-refractivity contribution in [3.8, 4) is 46.0 Å². The van der Waals surface area contributed by atoms with Gasteiger partial charge in [0, 0.05) is 24.3 Å². The van der Waals surface area contributed by atoms with E-state index in [4.69, 9.17) is 14.2 Å². The Morgan fingerprint density at radius 2 is 0.655 bits per heavy atom. The van der Waals surface area contributed by atoms with Gasteiger partial charge < -0.3 is 24.4 Å². The highest BCUT2D eigenvalue weighted by atomic mass is 16.5. The lowest BCUT2D eigenvalue weighted by molar-refractivity contribution is 0.443. The first-order valence-corrected chi connectivity index (χ1v) is 8.96. The molecule has 0 heterocycles. The van der Waals surface area contributed by atoms with Gasteiger partial charge in [0.15, 0.2) is 0 Å². The molecular formula is C24H18O5. The van der Waals surface area contributed by atoms with Crippen LogP contribution in [0.3, 0.4) is 0 Å². The maximum Gasteiger partial charge on any atom is 0.131 e. The molecular weight excluding hydrogens is 368 g/mol. The number of phenols is 2. The lowest BCUT2D eigenvalue weighted by Gasteiger charge is -2.11. The Hall–Kier alpha value is -4.12. The van der Waals surface area contributed by atoms with Crippen LogP contribution < -0.4 is 14.2 Å². The summed E-state index contributed by atoms with van der Waals surface area (Å²) in [7, 11) is 0. The molecule has 0 aliphatic heterocycles. The Kier molecular flexibility index (Phi) is 5.21. The molecule has 0 atom stereocenters. The summed E-state index contributed by atoms with van der Waals surface area (Å²) in [5.41, 5.74) is 0. The zero-order valence-electron chi connectivity index (χ0n) is 15.4. The quantitative estimate of drug-likeness (QED) is 0.397. The predicted octanol–water partition coefficient (Wildman–Crippen LogP) is 6.47. The SMILES string of the molecule is Oc1cccc(Oc2cccc(Oc3cccc(Oc4cccc(O)c4)c3)c2)c1. The van der Waals surface area contributed by atoms with Gasteiger partial charge in [-0.3, -0.25) is 0 Å². The molecule has 2 N–H and O–H groups in total. The minimum Gasteiger partial charge on any atom is -0.508 e. The van der Waals surface area contributed by atoms with Crippen molar-refractivity contribution in [2.45, 2.75) is 0 Å². The van der Waals surface area contributed by atoms with E-state index in [1.165, 1.54) is 12.1 Å². The van der Waals surface area contributed by atoms with Gasteiger partial charge in [0.1, 0.15) is 46.0 Å². The monoisotopic (exact) mass is 386 g/mol. The number of hydrogen-bond acceptors (Lipinski definition) is 5. The molecule has 0 spiro atoms. The van der Waals surface area contributed by atoms with Crippen LogP contribution in [-0.2, 0) is 0 Å². The van der Waals surface area contributed by atoms with Gasteiger partial charge in [-0.05, 0) is 48.5 Å². The molecule has 0 saturated carbocycles. The van der Waals surface area contributed by atoms with Gasteiger partial charge in [-0.25, -0.2) is 0 Å². The highest BCUT2D eigenvalue weighted by Crippen LogP contribution is 2.32.